The van der Waals surface area contributed by atoms with Crippen LogP contribution in [0.4, 0.5) is 15.8 Å². The van der Waals surface area contributed by atoms with E-state index >= 15 is 0 Å². The summed E-state index contributed by atoms with van der Waals surface area (Å²) in [4.78, 5) is 53.4. The smallest absolute Gasteiger partial charge is 0.352 e. The molecule has 6 rings (SSSR count). The summed E-state index contributed by atoms with van der Waals surface area (Å²) in [5.41, 5.74) is 2.56. The molecular weight excluding hydrogens is 615 g/mol. The van der Waals surface area contributed by atoms with Crippen LogP contribution in [0.5, 0.6) is 0 Å². The van der Waals surface area contributed by atoms with Crippen LogP contribution in [0, 0.1) is 17.7 Å². The predicted molar refractivity (Wildman–Crippen MR) is 170 cm³/mol. The Bertz CT molecular complexity index is 1990. The van der Waals surface area contributed by atoms with Gasteiger partial charge in [-0.1, -0.05) is 36.7 Å². The van der Waals surface area contributed by atoms with Gasteiger partial charge < -0.3 is 26.0 Å². The first-order chi connectivity index (χ1) is 22.0. The number of nitrogens with one attached hydrogen (secondary N) is 5. The number of hydrogen-bond donors (Lipinski definition) is 6. The van der Waals surface area contributed by atoms with Gasteiger partial charge in [-0.2, -0.15) is 5.10 Å². The van der Waals surface area contributed by atoms with Gasteiger partial charge >= 0.3 is 5.97 Å². The number of halogens is 2. The number of carbonyl (C=O) groups excluding carboxylic acids is 3. The highest BCUT2D eigenvalue weighted by Crippen LogP contribution is 2.38. The average Bonchev–Trinajstić information content (AvgIpc) is 3.38. The number of aromatic nitrogens is 3. The molecule has 13 heteroatoms. The quantitative estimate of drug-likeness (QED) is 0.115. The number of aromatic carboxylic acids is 1. The maximum absolute atomic E-state index is 14.6. The number of anilines is 2. The number of carbonyl (C=O) groups is 4. The van der Waals surface area contributed by atoms with Gasteiger partial charge in [0.2, 0.25) is 11.8 Å². The van der Waals surface area contributed by atoms with Crippen molar-refractivity contribution in [2.75, 3.05) is 10.6 Å². The largest absolute Gasteiger partial charge is 0.477 e. The van der Waals surface area contributed by atoms with E-state index in [-0.39, 0.29) is 45.9 Å². The summed E-state index contributed by atoms with van der Waals surface area (Å²) in [5, 5.41) is 24.8. The van der Waals surface area contributed by atoms with Crippen LogP contribution in [0.1, 0.15) is 39.9 Å². The molecule has 1 aliphatic rings. The molecule has 11 nitrogen and oxygen atoms in total. The Kier molecular flexibility index (Phi) is 8.29. The summed E-state index contributed by atoms with van der Waals surface area (Å²) in [6.07, 6.45) is 0.953. The van der Waals surface area contributed by atoms with Crippen LogP contribution in [0.15, 0.2) is 72.8 Å². The second kappa shape index (κ2) is 12.5. The Morgan fingerprint density at radius 1 is 1.00 bits per heavy atom. The van der Waals surface area contributed by atoms with E-state index in [0.29, 0.717) is 33.8 Å². The lowest BCUT2D eigenvalue weighted by Gasteiger charge is -2.19. The fourth-order valence-electron chi connectivity index (χ4n) is 5.16. The van der Waals surface area contributed by atoms with Crippen molar-refractivity contribution >= 4 is 57.6 Å². The molecule has 0 radical (unpaired) electrons. The van der Waals surface area contributed by atoms with Gasteiger partial charge in [-0.05, 0) is 72.5 Å². The van der Waals surface area contributed by atoms with E-state index in [4.69, 9.17) is 11.6 Å². The minimum Gasteiger partial charge on any atom is -0.477 e. The molecular formula is C33H28ClFN6O5. The molecule has 2 heterocycles. The summed E-state index contributed by atoms with van der Waals surface area (Å²) in [7, 11) is 0. The van der Waals surface area contributed by atoms with E-state index in [0.717, 1.165) is 6.42 Å². The second-order valence-electron chi connectivity index (χ2n) is 11.3. The lowest BCUT2D eigenvalue weighted by atomic mass is 10.0. The van der Waals surface area contributed by atoms with E-state index in [9.17, 15) is 28.7 Å². The first kappa shape index (κ1) is 30.5. The highest BCUT2D eigenvalue weighted by Gasteiger charge is 2.39. The Hall–Kier alpha value is -5.49. The maximum atomic E-state index is 14.6. The molecule has 3 amide bonds. The van der Waals surface area contributed by atoms with Gasteiger partial charge in [0.15, 0.2) is 5.82 Å². The SMILES string of the molecule is CC1CC1C(=O)Nc1ccc(CC(NC(=O)c2cc(-c3cccc(Cl)c3F)n[nH]2)C(=O)Nc2ccc3[nH]c(C(=O)O)cc3c2)cc1. The molecule has 0 saturated heterocycles. The lowest BCUT2D eigenvalue weighted by Crippen LogP contribution is -2.45. The number of carboxylic acids is 1. The molecule has 5 aromatic rings. The molecule has 46 heavy (non-hydrogen) atoms. The summed E-state index contributed by atoms with van der Waals surface area (Å²) < 4.78 is 14.6. The minimum atomic E-state index is -1.11. The molecule has 0 aliphatic heterocycles. The van der Waals surface area contributed by atoms with Crippen LogP contribution in [0.25, 0.3) is 22.2 Å². The standard InChI is InChI=1S/C33H28ClFN6O5/c1-16-11-22(16)30(42)36-19-7-5-17(6-8-19)12-26(31(43)37-20-9-10-24-18(13-20)14-28(38-24)33(45)46)39-32(44)27-15-25(40-41-27)21-3-2-4-23(34)29(21)35/h2-10,13-16,22,26,38H,11-12H2,1H3,(H,36,42)(H,37,43)(H,39,44)(H,40,41)(H,45,46). The zero-order chi connectivity index (χ0) is 32.5. The van der Waals surface area contributed by atoms with Gasteiger partial charge in [0.05, 0.1) is 10.7 Å². The molecule has 0 bridgehead atoms. The molecule has 0 spiro atoms. The van der Waals surface area contributed by atoms with Gasteiger partial charge in [-0.3, -0.25) is 19.5 Å². The molecule has 3 atom stereocenters. The Morgan fingerprint density at radius 2 is 1.74 bits per heavy atom. The van der Waals surface area contributed by atoms with Gasteiger partial charge in [0, 0.05) is 40.2 Å². The normalized spacial score (nSPS) is 16.1. The predicted octanol–water partition coefficient (Wildman–Crippen LogP) is 5.62. The van der Waals surface area contributed by atoms with Crippen LogP contribution in [0.3, 0.4) is 0 Å². The van der Waals surface area contributed by atoms with Crippen LogP contribution in [0.2, 0.25) is 5.02 Å². The highest BCUT2D eigenvalue weighted by molar-refractivity contribution is 6.31. The summed E-state index contributed by atoms with van der Waals surface area (Å²) in [6.45, 7) is 2.02. The fourth-order valence-corrected chi connectivity index (χ4v) is 5.33. The zero-order valence-electron chi connectivity index (χ0n) is 24.4. The molecule has 234 valence electrons. The number of aromatic amines is 2. The van der Waals surface area contributed by atoms with Gasteiger partial charge in [-0.25, -0.2) is 9.18 Å². The van der Waals surface area contributed by atoms with Gasteiger partial charge in [0.25, 0.3) is 5.91 Å². The number of amides is 3. The summed E-state index contributed by atoms with van der Waals surface area (Å²) >= 11 is 5.90. The number of carboxylic acid groups (broad SMARTS) is 1. The van der Waals surface area contributed by atoms with E-state index < -0.39 is 29.6 Å². The van der Waals surface area contributed by atoms with Crippen LogP contribution >= 0.6 is 11.6 Å². The Labute approximate surface area is 266 Å². The summed E-state index contributed by atoms with van der Waals surface area (Å²) in [5.74, 6) is -2.63. The third-order valence-corrected chi connectivity index (χ3v) is 8.19. The lowest BCUT2D eigenvalue weighted by molar-refractivity contribution is -0.118. The Morgan fingerprint density at radius 3 is 2.46 bits per heavy atom. The van der Waals surface area contributed by atoms with Gasteiger partial charge in [-0.15, -0.1) is 0 Å². The van der Waals surface area contributed by atoms with Crippen molar-refractivity contribution in [3.63, 3.8) is 0 Å². The third-order valence-electron chi connectivity index (χ3n) is 7.90. The number of nitrogens with zero attached hydrogens (tertiary/aromatic N) is 1. The number of rotatable bonds is 10. The molecule has 2 aromatic heterocycles. The zero-order valence-corrected chi connectivity index (χ0v) is 25.1. The van der Waals surface area contributed by atoms with Gasteiger partial charge in [0.1, 0.15) is 17.4 Å². The van der Waals surface area contributed by atoms with Crippen LogP contribution in [-0.2, 0) is 16.0 Å². The number of fused-ring (bicyclic) bond motifs is 1. The second-order valence-corrected chi connectivity index (χ2v) is 11.7. The van der Waals surface area contributed by atoms with Crippen molar-refractivity contribution in [3.8, 4) is 11.3 Å². The van der Waals surface area contributed by atoms with Crippen molar-refractivity contribution in [2.24, 2.45) is 11.8 Å². The number of hydrogen-bond acceptors (Lipinski definition) is 5. The molecule has 3 unspecified atom stereocenters. The molecule has 1 aliphatic carbocycles. The van der Waals surface area contributed by atoms with Crippen molar-refractivity contribution in [1.29, 1.82) is 0 Å². The maximum Gasteiger partial charge on any atom is 0.352 e. The van der Waals surface area contributed by atoms with Crippen LogP contribution < -0.4 is 16.0 Å². The van der Waals surface area contributed by atoms with Crippen LogP contribution in [-0.4, -0.2) is 50.0 Å². The average molecular weight is 643 g/mol. The van der Waals surface area contributed by atoms with Crippen molar-refractivity contribution in [3.05, 3.63) is 101 Å². The fraction of sp³-hybridized carbons (Fsp3) is 0.182. The third kappa shape index (κ3) is 6.61. The van der Waals surface area contributed by atoms with E-state index in [2.05, 4.69) is 31.1 Å². The number of benzene rings is 3. The van der Waals surface area contributed by atoms with E-state index in [1.165, 1.54) is 24.3 Å². The number of H-pyrrole nitrogens is 2. The van der Waals surface area contributed by atoms with Crippen molar-refractivity contribution in [1.82, 2.24) is 20.5 Å². The minimum absolute atomic E-state index is 0.00511. The summed E-state index contributed by atoms with van der Waals surface area (Å²) in [6, 6.07) is 18.0. The molecule has 1 fully saturated rings. The van der Waals surface area contributed by atoms with E-state index in [1.807, 2.05) is 6.92 Å². The van der Waals surface area contributed by atoms with E-state index in [1.54, 1.807) is 48.5 Å². The molecule has 1 saturated carbocycles. The molecule has 3 aromatic carbocycles. The van der Waals surface area contributed by atoms with Crippen molar-refractivity contribution < 1.29 is 28.7 Å². The first-order valence-electron chi connectivity index (χ1n) is 14.4. The first-order valence-corrected chi connectivity index (χ1v) is 14.8. The molecule has 6 N–H and O–H groups in total. The monoisotopic (exact) mass is 642 g/mol. The van der Waals surface area contributed by atoms with Crippen molar-refractivity contribution in [2.45, 2.75) is 25.8 Å². The Balaban J connectivity index is 1.21. The topological polar surface area (TPSA) is 169 Å². The highest BCUT2D eigenvalue weighted by atomic mass is 35.5.